The Labute approximate surface area is 109 Å². The van der Waals surface area contributed by atoms with Crippen LogP contribution in [0.5, 0.6) is 0 Å². The molecule has 1 N–H and O–H groups in total. The SMILES string of the molecule is CC(C)C(C#N)(CCCO)c1ccc(Br)s1. The van der Waals surface area contributed by atoms with Gasteiger partial charge in [-0.3, -0.25) is 0 Å². The van der Waals surface area contributed by atoms with Gasteiger partial charge in [-0.15, -0.1) is 11.3 Å². The lowest BCUT2D eigenvalue weighted by atomic mass is 9.74. The number of halogens is 1. The summed E-state index contributed by atoms with van der Waals surface area (Å²) in [6.07, 6.45) is 1.38. The molecule has 1 atom stereocenters. The van der Waals surface area contributed by atoms with Gasteiger partial charge in [-0.05, 0) is 46.8 Å². The molecule has 2 nitrogen and oxygen atoms in total. The number of thiophene rings is 1. The van der Waals surface area contributed by atoms with Crippen molar-refractivity contribution in [3.05, 3.63) is 20.8 Å². The molecule has 1 unspecified atom stereocenters. The summed E-state index contributed by atoms with van der Waals surface area (Å²) in [5.41, 5.74) is -0.459. The van der Waals surface area contributed by atoms with Crippen LogP contribution in [0.3, 0.4) is 0 Å². The smallest absolute Gasteiger partial charge is 0.0938 e. The fraction of sp³-hybridized carbons (Fsp3) is 0.583. The molecule has 1 aromatic rings. The summed E-state index contributed by atoms with van der Waals surface area (Å²) in [6, 6.07) is 6.45. The monoisotopic (exact) mass is 301 g/mol. The van der Waals surface area contributed by atoms with E-state index in [-0.39, 0.29) is 12.5 Å². The van der Waals surface area contributed by atoms with Crippen molar-refractivity contribution in [2.75, 3.05) is 6.61 Å². The number of nitrogens with zero attached hydrogens (tertiary/aromatic N) is 1. The van der Waals surface area contributed by atoms with Crippen molar-refractivity contribution in [2.45, 2.75) is 32.1 Å². The zero-order valence-corrected chi connectivity index (χ0v) is 11.9. The minimum Gasteiger partial charge on any atom is -0.396 e. The van der Waals surface area contributed by atoms with E-state index in [1.807, 2.05) is 12.1 Å². The standard InChI is InChI=1S/C12H16BrNOS/c1-9(2)12(8-14,6-3-7-15)10-4-5-11(13)16-10/h4-5,9,15H,3,6-7H2,1-2H3. The van der Waals surface area contributed by atoms with Gasteiger partial charge >= 0.3 is 0 Å². The first-order chi connectivity index (χ1) is 7.56. The van der Waals surface area contributed by atoms with Crippen molar-refractivity contribution in [2.24, 2.45) is 5.92 Å². The van der Waals surface area contributed by atoms with Crippen molar-refractivity contribution in [1.29, 1.82) is 5.26 Å². The summed E-state index contributed by atoms with van der Waals surface area (Å²) in [5, 5.41) is 18.4. The summed E-state index contributed by atoms with van der Waals surface area (Å²) in [4.78, 5) is 1.09. The minimum absolute atomic E-state index is 0.142. The molecule has 0 aliphatic heterocycles. The van der Waals surface area contributed by atoms with Crippen molar-refractivity contribution < 1.29 is 5.11 Å². The molecular formula is C12H16BrNOS. The Morgan fingerprint density at radius 1 is 1.56 bits per heavy atom. The Hall–Kier alpha value is -0.370. The quantitative estimate of drug-likeness (QED) is 0.901. The highest BCUT2D eigenvalue weighted by Crippen LogP contribution is 2.41. The summed E-state index contributed by atoms with van der Waals surface area (Å²) in [6.45, 7) is 4.27. The van der Waals surface area contributed by atoms with Crippen molar-refractivity contribution in [1.82, 2.24) is 0 Å². The first-order valence-corrected chi connectivity index (χ1v) is 6.95. The fourth-order valence-corrected chi connectivity index (χ4v) is 3.55. The fourth-order valence-electron chi connectivity index (χ4n) is 1.85. The van der Waals surface area contributed by atoms with Crippen LogP contribution in [-0.4, -0.2) is 11.7 Å². The summed E-state index contributed by atoms with van der Waals surface area (Å²) >= 11 is 5.04. The van der Waals surface area contributed by atoms with Crippen molar-refractivity contribution in [3.8, 4) is 6.07 Å². The predicted octanol–water partition coefficient (Wildman–Crippen LogP) is 3.70. The lowest BCUT2D eigenvalue weighted by molar-refractivity contribution is 0.258. The topological polar surface area (TPSA) is 44.0 Å². The normalized spacial score (nSPS) is 14.8. The predicted molar refractivity (Wildman–Crippen MR) is 70.5 cm³/mol. The molecule has 0 aliphatic carbocycles. The molecule has 1 aromatic heterocycles. The Morgan fingerprint density at radius 2 is 2.25 bits per heavy atom. The second kappa shape index (κ2) is 5.81. The van der Waals surface area contributed by atoms with Gasteiger partial charge in [-0.25, -0.2) is 0 Å². The van der Waals surface area contributed by atoms with E-state index in [0.29, 0.717) is 12.8 Å². The van der Waals surface area contributed by atoms with Gasteiger partial charge in [0.2, 0.25) is 0 Å². The number of nitriles is 1. The summed E-state index contributed by atoms with van der Waals surface area (Å²) in [7, 11) is 0. The van der Waals surface area contributed by atoms with E-state index in [0.717, 1.165) is 8.66 Å². The molecule has 4 heteroatoms. The Bertz CT molecular complexity index is 383. The molecule has 1 rings (SSSR count). The van der Waals surface area contributed by atoms with Gasteiger partial charge < -0.3 is 5.11 Å². The average molecular weight is 302 g/mol. The van der Waals surface area contributed by atoms with Gasteiger partial charge in [0.05, 0.1) is 15.3 Å². The molecule has 0 bridgehead atoms. The maximum Gasteiger partial charge on any atom is 0.0938 e. The third-order valence-electron chi connectivity index (χ3n) is 2.93. The van der Waals surface area contributed by atoms with Crippen LogP contribution >= 0.6 is 27.3 Å². The van der Waals surface area contributed by atoms with Gasteiger partial charge in [-0.2, -0.15) is 5.26 Å². The maximum absolute atomic E-state index is 9.50. The zero-order valence-electron chi connectivity index (χ0n) is 9.53. The number of rotatable bonds is 5. The van der Waals surface area contributed by atoms with Crippen LogP contribution in [0.15, 0.2) is 15.9 Å². The second-order valence-corrected chi connectivity index (χ2v) is 6.63. The molecular weight excluding hydrogens is 286 g/mol. The number of hydrogen-bond acceptors (Lipinski definition) is 3. The van der Waals surface area contributed by atoms with Crippen molar-refractivity contribution in [3.63, 3.8) is 0 Å². The third kappa shape index (κ3) is 2.65. The van der Waals surface area contributed by atoms with E-state index in [4.69, 9.17) is 5.11 Å². The van der Waals surface area contributed by atoms with Crippen LogP contribution in [0.1, 0.15) is 31.6 Å². The van der Waals surface area contributed by atoms with E-state index in [2.05, 4.69) is 35.8 Å². The van der Waals surface area contributed by atoms with Crippen LogP contribution in [-0.2, 0) is 5.41 Å². The van der Waals surface area contributed by atoms with Gasteiger partial charge in [0, 0.05) is 11.5 Å². The van der Waals surface area contributed by atoms with E-state index < -0.39 is 5.41 Å². The van der Waals surface area contributed by atoms with Gasteiger partial charge in [0.25, 0.3) is 0 Å². The number of hydrogen-bond donors (Lipinski definition) is 1. The maximum atomic E-state index is 9.50. The molecule has 88 valence electrons. The zero-order chi connectivity index (χ0) is 12.2. The van der Waals surface area contributed by atoms with Crippen LogP contribution in [0.25, 0.3) is 0 Å². The van der Waals surface area contributed by atoms with E-state index in [1.54, 1.807) is 11.3 Å². The number of aliphatic hydroxyl groups excluding tert-OH is 1. The molecule has 0 spiro atoms. The first kappa shape index (κ1) is 13.7. The van der Waals surface area contributed by atoms with Crippen molar-refractivity contribution >= 4 is 27.3 Å². The Kier molecular flexibility index (Phi) is 4.97. The lowest BCUT2D eigenvalue weighted by Crippen LogP contribution is -2.30. The molecule has 0 saturated carbocycles. The van der Waals surface area contributed by atoms with Gasteiger partial charge in [0.15, 0.2) is 0 Å². The summed E-state index contributed by atoms with van der Waals surface area (Å²) < 4.78 is 1.05. The van der Waals surface area contributed by atoms with E-state index in [9.17, 15) is 5.26 Å². The molecule has 16 heavy (non-hydrogen) atoms. The Morgan fingerprint density at radius 3 is 2.62 bits per heavy atom. The summed E-state index contributed by atoms with van der Waals surface area (Å²) in [5.74, 6) is 0.245. The van der Waals surface area contributed by atoms with E-state index >= 15 is 0 Å². The van der Waals surface area contributed by atoms with Crippen LogP contribution in [0, 0.1) is 17.2 Å². The highest BCUT2D eigenvalue weighted by Gasteiger charge is 2.36. The molecule has 0 aromatic carbocycles. The highest BCUT2D eigenvalue weighted by molar-refractivity contribution is 9.11. The van der Waals surface area contributed by atoms with Gasteiger partial charge in [0.1, 0.15) is 0 Å². The number of aliphatic hydroxyl groups is 1. The molecule has 0 saturated heterocycles. The largest absolute Gasteiger partial charge is 0.396 e. The van der Waals surface area contributed by atoms with Crippen LogP contribution in [0.2, 0.25) is 0 Å². The molecule has 1 heterocycles. The highest BCUT2D eigenvalue weighted by atomic mass is 79.9. The third-order valence-corrected chi connectivity index (χ3v) is 4.73. The average Bonchev–Trinajstić information content (AvgIpc) is 2.67. The van der Waals surface area contributed by atoms with Crippen LogP contribution < -0.4 is 0 Å². The molecule has 0 aliphatic rings. The minimum atomic E-state index is -0.459. The van der Waals surface area contributed by atoms with Crippen LogP contribution in [0.4, 0.5) is 0 Å². The van der Waals surface area contributed by atoms with E-state index in [1.165, 1.54) is 0 Å². The first-order valence-electron chi connectivity index (χ1n) is 5.34. The molecule has 0 fully saturated rings. The van der Waals surface area contributed by atoms with Gasteiger partial charge in [-0.1, -0.05) is 13.8 Å². The lowest BCUT2D eigenvalue weighted by Gasteiger charge is -2.29. The molecule has 0 amide bonds. The Balaban J connectivity index is 3.08. The second-order valence-electron chi connectivity index (χ2n) is 4.17. The molecule has 0 radical (unpaired) electrons.